The molecule has 2 aromatic rings. The summed E-state index contributed by atoms with van der Waals surface area (Å²) in [5.74, 6) is -0.710. The van der Waals surface area contributed by atoms with E-state index in [1.165, 1.54) is 7.11 Å². The standard InChI is InChI=1S/C23H26N2O5/c1-15-13-25(14-16(2)30-15)22(27)19-6-4-17(5-7-19)12-24-21(26)18-8-10-20(11-9-18)23(28)29-3/h4-11,15-16H,12-14H2,1-3H3,(H,24,26). The Labute approximate surface area is 176 Å². The van der Waals surface area contributed by atoms with E-state index in [0.717, 1.165) is 5.56 Å². The molecular formula is C23H26N2O5. The van der Waals surface area contributed by atoms with Gasteiger partial charge in [0, 0.05) is 30.8 Å². The molecule has 0 bridgehead atoms. The fraction of sp³-hybridized carbons (Fsp3) is 0.348. The van der Waals surface area contributed by atoms with Crippen molar-refractivity contribution in [3.05, 3.63) is 70.8 Å². The molecule has 1 heterocycles. The van der Waals surface area contributed by atoms with Crippen LogP contribution < -0.4 is 5.32 Å². The van der Waals surface area contributed by atoms with Gasteiger partial charge in [0.05, 0.1) is 24.9 Å². The van der Waals surface area contributed by atoms with Crippen LogP contribution in [0.2, 0.25) is 0 Å². The molecule has 7 nitrogen and oxygen atoms in total. The van der Waals surface area contributed by atoms with Crippen LogP contribution in [0.15, 0.2) is 48.5 Å². The van der Waals surface area contributed by atoms with Crippen LogP contribution in [0.1, 0.15) is 50.5 Å². The zero-order chi connectivity index (χ0) is 21.7. The average Bonchev–Trinajstić information content (AvgIpc) is 2.76. The van der Waals surface area contributed by atoms with Gasteiger partial charge in [-0.1, -0.05) is 12.1 Å². The minimum absolute atomic E-state index is 0.0155. The lowest BCUT2D eigenvalue weighted by Crippen LogP contribution is -2.48. The van der Waals surface area contributed by atoms with Crippen LogP contribution in [-0.4, -0.2) is 55.1 Å². The first-order valence-corrected chi connectivity index (χ1v) is 9.87. The number of hydrogen-bond acceptors (Lipinski definition) is 5. The maximum Gasteiger partial charge on any atom is 0.337 e. The molecule has 30 heavy (non-hydrogen) atoms. The molecular weight excluding hydrogens is 384 g/mol. The smallest absolute Gasteiger partial charge is 0.337 e. The van der Waals surface area contributed by atoms with Gasteiger partial charge in [-0.25, -0.2) is 4.79 Å². The van der Waals surface area contributed by atoms with Gasteiger partial charge >= 0.3 is 5.97 Å². The Balaban J connectivity index is 1.56. The average molecular weight is 410 g/mol. The third-order valence-electron chi connectivity index (χ3n) is 4.93. The van der Waals surface area contributed by atoms with Gasteiger partial charge in [-0.3, -0.25) is 9.59 Å². The molecule has 0 aromatic heterocycles. The predicted octanol–water partition coefficient (Wildman–Crippen LogP) is 2.65. The van der Waals surface area contributed by atoms with Crippen LogP contribution >= 0.6 is 0 Å². The fourth-order valence-electron chi connectivity index (χ4n) is 3.45. The van der Waals surface area contributed by atoms with E-state index >= 15 is 0 Å². The Morgan fingerprint density at radius 2 is 1.47 bits per heavy atom. The molecule has 0 saturated carbocycles. The number of nitrogens with zero attached hydrogens (tertiary/aromatic N) is 1. The van der Waals surface area contributed by atoms with E-state index < -0.39 is 5.97 Å². The summed E-state index contributed by atoms with van der Waals surface area (Å²) in [6.45, 7) is 5.42. The van der Waals surface area contributed by atoms with Crippen molar-refractivity contribution in [2.45, 2.75) is 32.6 Å². The maximum absolute atomic E-state index is 12.7. The quantitative estimate of drug-likeness (QED) is 0.766. The molecule has 0 spiro atoms. The predicted molar refractivity (Wildman–Crippen MR) is 111 cm³/mol. The minimum Gasteiger partial charge on any atom is -0.465 e. The van der Waals surface area contributed by atoms with Gasteiger partial charge in [0.25, 0.3) is 11.8 Å². The number of methoxy groups -OCH3 is 1. The van der Waals surface area contributed by atoms with Crippen molar-refractivity contribution in [2.75, 3.05) is 20.2 Å². The highest BCUT2D eigenvalue weighted by Crippen LogP contribution is 2.15. The molecule has 7 heteroatoms. The van der Waals surface area contributed by atoms with Gasteiger partial charge in [-0.2, -0.15) is 0 Å². The zero-order valence-electron chi connectivity index (χ0n) is 17.4. The third-order valence-corrected chi connectivity index (χ3v) is 4.93. The molecule has 2 atom stereocenters. The molecule has 1 saturated heterocycles. The molecule has 1 aliphatic heterocycles. The number of rotatable bonds is 5. The lowest BCUT2D eigenvalue weighted by Gasteiger charge is -2.35. The van der Waals surface area contributed by atoms with E-state index in [4.69, 9.17) is 4.74 Å². The molecule has 1 aliphatic rings. The SMILES string of the molecule is COC(=O)c1ccc(C(=O)NCc2ccc(C(=O)N3CC(C)OC(C)C3)cc2)cc1. The van der Waals surface area contributed by atoms with Crippen molar-refractivity contribution in [1.29, 1.82) is 0 Å². The first-order valence-electron chi connectivity index (χ1n) is 9.87. The largest absolute Gasteiger partial charge is 0.465 e. The molecule has 158 valence electrons. The highest BCUT2D eigenvalue weighted by Gasteiger charge is 2.26. The highest BCUT2D eigenvalue weighted by molar-refractivity contribution is 5.96. The lowest BCUT2D eigenvalue weighted by atomic mass is 10.1. The van der Waals surface area contributed by atoms with Gasteiger partial charge < -0.3 is 19.7 Å². The van der Waals surface area contributed by atoms with Crippen molar-refractivity contribution in [3.8, 4) is 0 Å². The van der Waals surface area contributed by atoms with Gasteiger partial charge in [0.2, 0.25) is 0 Å². The Morgan fingerprint density at radius 3 is 2.03 bits per heavy atom. The number of hydrogen-bond donors (Lipinski definition) is 1. The van der Waals surface area contributed by atoms with E-state index in [1.54, 1.807) is 36.4 Å². The van der Waals surface area contributed by atoms with Gasteiger partial charge in [-0.05, 0) is 55.8 Å². The van der Waals surface area contributed by atoms with Crippen LogP contribution in [-0.2, 0) is 16.0 Å². The summed E-state index contributed by atoms with van der Waals surface area (Å²) in [6, 6.07) is 13.5. The van der Waals surface area contributed by atoms with Crippen LogP contribution in [0.4, 0.5) is 0 Å². The summed E-state index contributed by atoms with van der Waals surface area (Å²) < 4.78 is 10.3. The molecule has 3 rings (SSSR count). The summed E-state index contributed by atoms with van der Waals surface area (Å²) >= 11 is 0. The molecule has 2 amide bonds. The van der Waals surface area contributed by atoms with E-state index in [-0.39, 0.29) is 24.0 Å². The fourth-order valence-corrected chi connectivity index (χ4v) is 3.45. The summed E-state index contributed by atoms with van der Waals surface area (Å²) in [4.78, 5) is 38.3. The van der Waals surface area contributed by atoms with E-state index in [9.17, 15) is 14.4 Å². The van der Waals surface area contributed by atoms with Gasteiger partial charge in [0.1, 0.15) is 0 Å². The monoisotopic (exact) mass is 410 g/mol. The van der Waals surface area contributed by atoms with E-state index in [2.05, 4.69) is 10.1 Å². The van der Waals surface area contributed by atoms with Crippen molar-refractivity contribution in [3.63, 3.8) is 0 Å². The summed E-state index contributed by atoms with van der Waals surface area (Å²) in [5.41, 5.74) is 2.34. The molecule has 1 N–H and O–H groups in total. The van der Waals surface area contributed by atoms with Crippen LogP contribution in [0.5, 0.6) is 0 Å². The number of esters is 1. The number of morpholine rings is 1. The number of ether oxygens (including phenoxy) is 2. The number of amides is 2. The van der Waals surface area contributed by atoms with Gasteiger partial charge in [-0.15, -0.1) is 0 Å². The summed E-state index contributed by atoms with van der Waals surface area (Å²) in [5, 5.41) is 2.83. The van der Waals surface area contributed by atoms with Crippen molar-refractivity contribution < 1.29 is 23.9 Å². The molecule has 1 fully saturated rings. The van der Waals surface area contributed by atoms with Crippen LogP contribution in [0.25, 0.3) is 0 Å². The second-order valence-electron chi connectivity index (χ2n) is 7.42. The molecule has 0 radical (unpaired) electrons. The normalized spacial score (nSPS) is 18.6. The molecule has 0 aliphatic carbocycles. The second kappa shape index (κ2) is 9.54. The first-order chi connectivity index (χ1) is 14.4. The number of benzene rings is 2. The lowest BCUT2D eigenvalue weighted by molar-refractivity contribution is -0.0586. The van der Waals surface area contributed by atoms with Crippen molar-refractivity contribution >= 4 is 17.8 Å². The number of carbonyl (C=O) groups is 3. The Morgan fingerprint density at radius 1 is 0.933 bits per heavy atom. The van der Waals surface area contributed by atoms with Crippen molar-refractivity contribution in [2.24, 2.45) is 0 Å². The van der Waals surface area contributed by atoms with E-state index in [1.807, 2.05) is 30.9 Å². The van der Waals surface area contributed by atoms with Crippen LogP contribution in [0.3, 0.4) is 0 Å². The molecule has 2 unspecified atom stereocenters. The topological polar surface area (TPSA) is 84.9 Å². The zero-order valence-corrected chi connectivity index (χ0v) is 17.4. The summed E-state index contributed by atoms with van der Waals surface area (Å²) in [7, 11) is 1.31. The summed E-state index contributed by atoms with van der Waals surface area (Å²) in [6.07, 6.45) is 0.0442. The van der Waals surface area contributed by atoms with Gasteiger partial charge in [0.15, 0.2) is 0 Å². The highest BCUT2D eigenvalue weighted by atomic mass is 16.5. The molecule has 2 aromatic carbocycles. The Bertz CT molecular complexity index is 898. The van der Waals surface area contributed by atoms with E-state index in [0.29, 0.717) is 36.3 Å². The maximum atomic E-state index is 12.7. The second-order valence-corrected chi connectivity index (χ2v) is 7.42. The number of nitrogens with one attached hydrogen (secondary N) is 1. The Kier molecular flexibility index (Phi) is 6.84. The first kappa shape index (κ1) is 21.5. The Hall–Kier alpha value is -3.19. The van der Waals surface area contributed by atoms with Crippen LogP contribution in [0, 0.1) is 0 Å². The number of carbonyl (C=O) groups excluding carboxylic acids is 3. The van der Waals surface area contributed by atoms with Crippen molar-refractivity contribution in [1.82, 2.24) is 10.2 Å². The minimum atomic E-state index is -0.447. The third kappa shape index (κ3) is 5.24.